The molecule has 1 rings (SSSR count). The van der Waals surface area contributed by atoms with Crippen molar-refractivity contribution in [1.29, 1.82) is 0 Å². The monoisotopic (exact) mass is 229 g/mol. The largest absolute Gasteiger partial charge is 0.493 e. The van der Waals surface area contributed by atoms with Gasteiger partial charge in [-0.3, -0.25) is 0 Å². The molecule has 0 heterocycles. The van der Waals surface area contributed by atoms with Gasteiger partial charge in [-0.15, -0.1) is 0 Å². The molecule has 3 N–H and O–H groups in total. The fourth-order valence-corrected chi connectivity index (χ4v) is 1.50. The molecule has 16 heavy (non-hydrogen) atoms. The molecule has 0 aromatic heterocycles. The zero-order chi connectivity index (χ0) is 12.1. The number of aliphatic hydroxyl groups excluding tert-OH is 1. The minimum absolute atomic E-state index is 0.0370. The zero-order valence-electron chi connectivity index (χ0n) is 9.37. The van der Waals surface area contributed by atoms with E-state index in [1.165, 1.54) is 26.4 Å². The number of hydrogen-bond acceptors (Lipinski definition) is 4. The van der Waals surface area contributed by atoms with Crippen molar-refractivity contribution < 1.29 is 19.0 Å². The molecule has 0 amide bonds. The van der Waals surface area contributed by atoms with Crippen LogP contribution in [0, 0.1) is 0 Å². The molecule has 1 aromatic carbocycles. The predicted molar refractivity (Wildman–Crippen MR) is 58.4 cm³/mol. The number of benzene rings is 1. The summed E-state index contributed by atoms with van der Waals surface area (Å²) >= 11 is 0. The molecule has 0 saturated carbocycles. The van der Waals surface area contributed by atoms with E-state index in [0.717, 1.165) is 0 Å². The normalized spacial score (nSPS) is 12.3. The Kier molecular flexibility index (Phi) is 4.52. The molecule has 5 heteroatoms. The highest BCUT2D eigenvalue weighted by Crippen LogP contribution is 2.36. The van der Waals surface area contributed by atoms with Crippen LogP contribution in [-0.2, 0) is 6.67 Å². The third-order valence-electron chi connectivity index (χ3n) is 2.30. The zero-order valence-corrected chi connectivity index (χ0v) is 9.37. The number of methoxy groups -OCH3 is 2. The third kappa shape index (κ3) is 2.43. The van der Waals surface area contributed by atoms with Gasteiger partial charge >= 0.3 is 0 Å². The molecule has 0 aliphatic rings. The summed E-state index contributed by atoms with van der Waals surface area (Å²) in [6.07, 6.45) is -0.893. The topological polar surface area (TPSA) is 64.7 Å². The van der Waals surface area contributed by atoms with Gasteiger partial charge in [0.05, 0.1) is 20.3 Å². The second kappa shape index (κ2) is 5.67. The van der Waals surface area contributed by atoms with Crippen LogP contribution >= 0.6 is 0 Å². The minimum atomic E-state index is -0.893. The maximum Gasteiger partial charge on any atom is 0.166 e. The lowest BCUT2D eigenvalue weighted by Gasteiger charge is -2.17. The highest BCUT2D eigenvalue weighted by atomic mass is 19.1. The number of hydrogen-bond donors (Lipinski definition) is 2. The lowest BCUT2D eigenvalue weighted by Crippen LogP contribution is -2.13. The molecule has 0 saturated heterocycles. The highest BCUT2D eigenvalue weighted by Gasteiger charge is 2.17. The summed E-state index contributed by atoms with van der Waals surface area (Å²) in [5.41, 5.74) is 6.23. The Balaban J connectivity index is 3.30. The molecule has 0 aliphatic heterocycles. The SMILES string of the molecule is COc1cc(CF)cc(C(O)CN)c1OC. The summed E-state index contributed by atoms with van der Waals surface area (Å²) in [4.78, 5) is 0. The fraction of sp³-hybridized carbons (Fsp3) is 0.455. The van der Waals surface area contributed by atoms with Crippen LogP contribution in [0.3, 0.4) is 0 Å². The van der Waals surface area contributed by atoms with Gasteiger partial charge in [-0.25, -0.2) is 4.39 Å². The third-order valence-corrected chi connectivity index (χ3v) is 2.30. The molecule has 1 atom stereocenters. The van der Waals surface area contributed by atoms with Gasteiger partial charge in [0.25, 0.3) is 0 Å². The molecular formula is C11H16FNO3. The van der Waals surface area contributed by atoms with Crippen molar-refractivity contribution in [2.75, 3.05) is 20.8 Å². The molecule has 90 valence electrons. The van der Waals surface area contributed by atoms with Crippen LogP contribution in [0.4, 0.5) is 4.39 Å². The van der Waals surface area contributed by atoms with Gasteiger partial charge in [0.1, 0.15) is 6.67 Å². The lowest BCUT2D eigenvalue weighted by atomic mass is 10.0. The Morgan fingerprint density at radius 2 is 2.06 bits per heavy atom. The van der Waals surface area contributed by atoms with E-state index in [9.17, 15) is 9.50 Å². The van der Waals surface area contributed by atoms with E-state index in [-0.39, 0.29) is 6.54 Å². The van der Waals surface area contributed by atoms with Crippen LogP contribution in [0.15, 0.2) is 12.1 Å². The molecular weight excluding hydrogens is 213 g/mol. The fourth-order valence-electron chi connectivity index (χ4n) is 1.50. The van der Waals surface area contributed by atoms with E-state index in [2.05, 4.69) is 0 Å². The molecule has 1 aromatic rings. The summed E-state index contributed by atoms with van der Waals surface area (Å²) in [5, 5.41) is 9.70. The van der Waals surface area contributed by atoms with E-state index in [4.69, 9.17) is 15.2 Å². The van der Waals surface area contributed by atoms with Gasteiger partial charge in [0.15, 0.2) is 11.5 Å². The van der Waals surface area contributed by atoms with Crippen LogP contribution in [0.2, 0.25) is 0 Å². The maximum atomic E-state index is 12.6. The number of nitrogens with two attached hydrogens (primary N) is 1. The molecule has 4 nitrogen and oxygen atoms in total. The number of aliphatic hydroxyl groups is 1. The van der Waals surface area contributed by atoms with Crippen molar-refractivity contribution in [2.45, 2.75) is 12.8 Å². The minimum Gasteiger partial charge on any atom is -0.493 e. The Morgan fingerprint density at radius 1 is 1.38 bits per heavy atom. The molecule has 0 aliphatic carbocycles. The van der Waals surface area contributed by atoms with Gasteiger partial charge in [-0.1, -0.05) is 0 Å². The van der Waals surface area contributed by atoms with Crippen LogP contribution in [0.25, 0.3) is 0 Å². The quantitative estimate of drug-likeness (QED) is 0.795. The molecule has 0 fully saturated rings. The number of halogens is 1. The van der Waals surface area contributed by atoms with Crippen LogP contribution in [0.5, 0.6) is 11.5 Å². The van der Waals surface area contributed by atoms with Crippen molar-refractivity contribution >= 4 is 0 Å². The Hall–Kier alpha value is -1.33. The average molecular weight is 229 g/mol. The number of rotatable bonds is 5. The van der Waals surface area contributed by atoms with Gasteiger partial charge in [-0.2, -0.15) is 0 Å². The lowest BCUT2D eigenvalue weighted by molar-refractivity contribution is 0.180. The Morgan fingerprint density at radius 3 is 2.50 bits per heavy atom. The van der Waals surface area contributed by atoms with Gasteiger partial charge < -0.3 is 20.3 Å². The van der Waals surface area contributed by atoms with Gasteiger partial charge in [0.2, 0.25) is 0 Å². The Bertz CT molecular complexity index is 357. The predicted octanol–water partition coefficient (Wildman–Crippen LogP) is 1.17. The first-order chi connectivity index (χ1) is 7.67. The van der Waals surface area contributed by atoms with Crippen molar-refractivity contribution in [3.8, 4) is 11.5 Å². The van der Waals surface area contributed by atoms with E-state index in [0.29, 0.717) is 22.6 Å². The smallest absolute Gasteiger partial charge is 0.166 e. The van der Waals surface area contributed by atoms with Crippen LogP contribution in [-0.4, -0.2) is 25.9 Å². The van der Waals surface area contributed by atoms with Crippen LogP contribution < -0.4 is 15.2 Å². The highest BCUT2D eigenvalue weighted by molar-refractivity contribution is 5.50. The first-order valence-corrected chi connectivity index (χ1v) is 4.86. The molecule has 1 unspecified atom stereocenters. The van der Waals surface area contributed by atoms with Crippen molar-refractivity contribution in [1.82, 2.24) is 0 Å². The molecule has 0 spiro atoms. The van der Waals surface area contributed by atoms with Gasteiger partial charge in [-0.05, 0) is 17.7 Å². The summed E-state index contributed by atoms with van der Waals surface area (Å²) in [6.45, 7) is -0.597. The number of ether oxygens (including phenoxy) is 2. The maximum absolute atomic E-state index is 12.6. The van der Waals surface area contributed by atoms with E-state index < -0.39 is 12.8 Å². The molecule has 0 bridgehead atoms. The number of alkyl halides is 1. The van der Waals surface area contributed by atoms with E-state index in [1.807, 2.05) is 0 Å². The second-order valence-electron chi connectivity index (χ2n) is 3.31. The standard InChI is InChI=1S/C11H16FNO3/c1-15-10-4-7(5-12)3-8(9(14)6-13)11(10)16-2/h3-4,9,14H,5-6,13H2,1-2H3. The average Bonchev–Trinajstić information content (AvgIpc) is 2.35. The second-order valence-corrected chi connectivity index (χ2v) is 3.31. The van der Waals surface area contributed by atoms with Gasteiger partial charge in [0, 0.05) is 12.1 Å². The van der Waals surface area contributed by atoms with Crippen molar-refractivity contribution in [3.05, 3.63) is 23.3 Å². The summed E-state index contributed by atoms with van der Waals surface area (Å²) in [5.74, 6) is 0.776. The summed E-state index contributed by atoms with van der Waals surface area (Å²) in [7, 11) is 2.91. The molecule has 0 radical (unpaired) electrons. The summed E-state index contributed by atoms with van der Waals surface area (Å²) < 4.78 is 22.8. The van der Waals surface area contributed by atoms with E-state index in [1.54, 1.807) is 0 Å². The van der Waals surface area contributed by atoms with E-state index >= 15 is 0 Å². The van der Waals surface area contributed by atoms with Crippen molar-refractivity contribution in [3.63, 3.8) is 0 Å². The van der Waals surface area contributed by atoms with Crippen LogP contribution in [0.1, 0.15) is 17.2 Å². The summed E-state index contributed by atoms with van der Waals surface area (Å²) in [6, 6.07) is 3.06. The first-order valence-electron chi connectivity index (χ1n) is 4.86. The van der Waals surface area contributed by atoms with Crippen molar-refractivity contribution in [2.24, 2.45) is 5.73 Å². The Labute approximate surface area is 93.8 Å². The first kappa shape index (κ1) is 12.7.